The van der Waals surface area contributed by atoms with Gasteiger partial charge in [-0.3, -0.25) is 0 Å². The SMILES string of the molecule is CCOC(Oc1ccccc1O)(SOC)SOC(=O)OS(=O)(=O)C#N. The lowest BCUT2D eigenvalue weighted by atomic mass is 10.3. The molecule has 0 aliphatic rings. The van der Waals surface area contributed by atoms with Crippen LogP contribution in [0, 0.1) is 10.7 Å². The highest BCUT2D eigenvalue weighted by atomic mass is 32.2. The molecule has 0 amide bonds. The van der Waals surface area contributed by atoms with Crippen LogP contribution in [0.15, 0.2) is 24.3 Å². The van der Waals surface area contributed by atoms with Gasteiger partial charge in [0.05, 0.1) is 25.8 Å². The highest BCUT2D eigenvalue weighted by Gasteiger charge is 2.41. The number of nitriles is 1. The molecule has 1 rings (SSSR count). The molecule has 25 heavy (non-hydrogen) atoms. The molecule has 10 nitrogen and oxygen atoms in total. The number of phenolic OH excluding ortho intramolecular Hbond substituents is 1. The van der Waals surface area contributed by atoms with Gasteiger partial charge in [-0.1, -0.05) is 12.1 Å². The third-order valence-electron chi connectivity index (χ3n) is 2.11. The lowest BCUT2D eigenvalue weighted by Crippen LogP contribution is -2.33. The van der Waals surface area contributed by atoms with E-state index in [1.54, 1.807) is 19.1 Å². The van der Waals surface area contributed by atoms with Crippen molar-refractivity contribution in [3.8, 4) is 16.9 Å². The van der Waals surface area contributed by atoms with Crippen molar-refractivity contribution in [2.24, 2.45) is 0 Å². The molecule has 0 aliphatic heterocycles. The Labute approximate surface area is 152 Å². The smallest absolute Gasteiger partial charge is 0.504 e. The zero-order valence-electron chi connectivity index (χ0n) is 12.9. The molecule has 0 fully saturated rings. The van der Waals surface area contributed by atoms with Crippen molar-refractivity contribution in [1.82, 2.24) is 0 Å². The van der Waals surface area contributed by atoms with Crippen LogP contribution in [-0.2, 0) is 27.4 Å². The first-order chi connectivity index (χ1) is 11.8. The predicted molar refractivity (Wildman–Crippen MR) is 87.4 cm³/mol. The van der Waals surface area contributed by atoms with Gasteiger partial charge >= 0.3 is 20.7 Å². The molecule has 0 bridgehead atoms. The fraction of sp³-hybridized carbons (Fsp3) is 0.333. The Balaban J connectivity index is 2.94. The Bertz CT molecular complexity index is 726. The average molecular weight is 411 g/mol. The van der Waals surface area contributed by atoms with Gasteiger partial charge in [-0.05, 0) is 19.1 Å². The number of hydrogen-bond donors (Lipinski definition) is 1. The summed E-state index contributed by atoms with van der Waals surface area (Å²) in [5, 5.41) is 18.9. The number of thiocyanates is 1. The second-order valence-electron chi connectivity index (χ2n) is 3.80. The number of rotatable bonds is 9. The van der Waals surface area contributed by atoms with Crippen LogP contribution in [0.25, 0.3) is 0 Å². The largest absolute Gasteiger partial charge is 0.537 e. The van der Waals surface area contributed by atoms with Gasteiger partial charge in [0.25, 0.3) is 0 Å². The molecule has 1 aromatic carbocycles. The van der Waals surface area contributed by atoms with Crippen molar-refractivity contribution in [1.29, 1.82) is 5.26 Å². The molecule has 0 radical (unpaired) electrons. The predicted octanol–water partition coefficient (Wildman–Crippen LogP) is 2.33. The molecule has 138 valence electrons. The van der Waals surface area contributed by atoms with E-state index in [0.29, 0.717) is 12.0 Å². The fourth-order valence-electron chi connectivity index (χ4n) is 1.29. The molecule has 0 saturated carbocycles. The van der Waals surface area contributed by atoms with Crippen LogP contribution in [0.5, 0.6) is 11.5 Å². The van der Waals surface area contributed by atoms with Gasteiger partial charge in [0.1, 0.15) is 0 Å². The molecule has 0 aromatic heterocycles. The van der Waals surface area contributed by atoms with E-state index >= 15 is 0 Å². The van der Waals surface area contributed by atoms with Crippen molar-refractivity contribution in [2.75, 3.05) is 13.7 Å². The van der Waals surface area contributed by atoms with Gasteiger partial charge < -0.3 is 27.1 Å². The maximum Gasteiger partial charge on any atom is 0.537 e. The molecule has 13 heteroatoms. The molecule has 1 atom stereocenters. The minimum Gasteiger partial charge on any atom is -0.504 e. The number of aromatic hydroxyl groups is 1. The molecule has 0 spiro atoms. The van der Waals surface area contributed by atoms with Gasteiger partial charge in [0, 0.05) is 0 Å². The Morgan fingerprint density at radius 2 is 2.04 bits per heavy atom. The highest BCUT2D eigenvalue weighted by Crippen LogP contribution is 2.43. The van der Waals surface area contributed by atoms with E-state index in [-0.39, 0.29) is 30.1 Å². The standard InChI is InChI=1S/C12H13NO9S3/c1-3-19-12(23-18-2,20-10-7-5-4-6-9(10)14)24-21-11(15)22-25(16,17)8-13/h4-7,14H,3H2,1-2H3. The van der Waals surface area contributed by atoms with Crippen LogP contribution in [0.2, 0.25) is 0 Å². The normalized spacial score (nSPS) is 13.3. The lowest BCUT2D eigenvalue weighted by molar-refractivity contribution is -0.0459. The fourth-order valence-corrected chi connectivity index (χ4v) is 2.99. The van der Waals surface area contributed by atoms with E-state index in [9.17, 15) is 18.3 Å². The van der Waals surface area contributed by atoms with E-state index in [0.717, 1.165) is 5.40 Å². The highest BCUT2D eigenvalue weighted by molar-refractivity contribution is 8.13. The molecular formula is C12H13NO9S3. The number of phenols is 1. The third kappa shape index (κ3) is 6.88. The van der Waals surface area contributed by atoms with Crippen molar-refractivity contribution in [2.45, 2.75) is 11.4 Å². The summed E-state index contributed by atoms with van der Waals surface area (Å²) in [7, 11) is -3.44. The summed E-state index contributed by atoms with van der Waals surface area (Å²) in [6, 6.07) is 5.89. The van der Waals surface area contributed by atoms with Gasteiger partial charge in [0.15, 0.2) is 23.5 Å². The summed E-state index contributed by atoms with van der Waals surface area (Å²) in [4.78, 5) is 11.4. The summed E-state index contributed by atoms with van der Waals surface area (Å²) >= 11 is 0.793. The quantitative estimate of drug-likeness (QED) is 0.209. The molecule has 1 N–H and O–H groups in total. The van der Waals surface area contributed by atoms with Crippen molar-refractivity contribution < 1.29 is 40.3 Å². The minimum atomic E-state index is -4.72. The van der Waals surface area contributed by atoms with Crippen LogP contribution in [-0.4, -0.2) is 37.8 Å². The summed E-state index contributed by atoms with van der Waals surface area (Å²) in [6.07, 6.45) is -1.69. The zero-order valence-corrected chi connectivity index (χ0v) is 15.4. The molecule has 0 saturated heterocycles. The Hall–Kier alpha value is -1.85. The monoisotopic (exact) mass is 411 g/mol. The number of para-hydroxylation sites is 2. The first kappa shape index (κ1) is 21.2. The number of hydrogen-bond acceptors (Lipinski definition) is 12. The number of carbonyl (C=O) groups excluding carboxylic acids is 1. The van der Waals surface area contributed by atoms with E-state index in [1.807, 2.05) is 0 Å². The van der Waals surface area contributed by atoms with Crippen molar-refractivity contribution in [3.05, 3.63) is 24.3 Å². The van der Waals surface area contributed by atoms with Crippen LogP contribution >= 0.6 is 24.1 Å². The van der Waals surface area contributed by atoms with Gasteiger partial charge in [-0.2, -0.15) is 13.7 Å². The van der Waals surface area contributed by atoms with Crippen molar-refractivity contribution >= 4 is 40.4 Å². The summed E-state index contributed by atoms with van der Waals surface area (Å²) in [5.41, 5.74) is 0. The number of benzene rings is 1. The second-order valence-corrected chi connectivity index (χ2v) is 7.22. The average Bonchev–Trinajstić information content (AvgIpc) is 2.55. The molecular weight excluding hydrogens is 398 g/mol. The maximum atomic E-state index is 11.4. The number of ether oxygens (including phenoxy) is 2. The second kappa shape index (κ2) is 9.59. The first-order valence-corrected chi connectivity index (χ1v) is 9.24. The van der Waals surface area contributed by atoms with E-state index in [2.05, 4.69) is 8.37 Å². The zero-order chi connectivity index (χ0) is 18.9. The lowest BCUT2D eigenvalue weighted by Gasteiger charge is -2.28. The third-order valence-corrected chi connectivity index (χ3v) is 4.29. The van der Waals surface area contributed by atoms with Crippen LogP contribution in [0.4, 0.5) is 4.79 Å². The Morgan fingerprint density at radius 3 is 2.60 bits per heavy atom. The van der Waals surface area contributed by atoms with Crippen LogP contribution < -0.4 is 4.74 Å². The molecule has 1 unspecified atom stereocenters. The van der Waals surface area contributed by atoms with Gasteiger partial charge in [-0.25, -0.2) is 4.79 Å². The topological polar surface area (TPSA) is 141 Å². The summed E-state index contributed by atoms with van der Waals surface area (Å²) in [6.45, 7) is 1.68. The van der Waals surface area contributed by atoms with E-state index < -0.39 is 20.7 Å². The van der Waals surface area contributed by atoms with Crippen LogP contribution in [0.3, 0.4) is 0 Å². The number of nitrogens with zero attached hydrogens (tertiary/aromatic N) is 1. The molecule has 0 heterocycles. The van der Waals surface area contributed by atoms with Crippen molar-refractivity contribution in [3.63, 3.8) is 0 Å². The first-order valence-electron chi connectivity index (χ1n) is 6.35. The maximum absolute atomic E-state index is 11.4. The summed E-state index contributed by atoms with van der Waals surface area (Å²) < 4.78 is 44.1. The summed E-state index contributed by atoms with van der Waals surface area (Å²) in [5.74, 6) is -0.242. The van der Waals surface area contributed by atoms with Gasteiger partial charge in [-0.15, -0.1) is 0 Å². The Kier molecular flexibility index (Phi) is 8.13. The molecule has 0 aliphatic carbocycles. The van der Waals surface area contributed by atoms with E-state index in [1.165, 1.54) is 19.2 Å². The Morgan fingerprint density at radius 1 is 1.36 bits per heavy atom. The van der Waals surface area contributed by atoms with Gasteiger partial charge in [0.2, 0.25) is 5.40 Å². The van der Waals surface area contributed by atoms with E-state index in [4.69, 9.17) is 18.9 Å². The van der Waals surface area contributed by atoms with Crippen LogP contribution in [0.1, 0.15) is 6.92 Å². The molecule has 1 aromatic rings. The number of carbonyl (C=O) groups is 1. The minimum absolute atomic E-state index is 0.0189.